The number of aromatic nitrogens is 2. The van der Waals surface area contributed by atoms with E-state index in [-0.39, 0.29) is 4.90 Å². The molecule has 0 atom stereocenters. The molecule has 0 unspecified atom stereocenters. The van der Waals surface area contributed by atoms with Crippen LogP contribution in [-0.2, 0) is 10.0 Å². The van der Waals surface area contributed by atoms with Crippen LogP contribution in [0.5, 0.6) is 0 Å². The molecule has 0 fully saturated rings. The normalized spacial score (nSPS) is 11.2. The Morgan fingerprint density at radius 3 is 2.81 bits per heavy atom. The number of aromatic amines is 1. The quantitative estimate of drug-likeness (QED) is 0.774. The maximum Gasteiger partial charge on any atom is 0.261 e. The number of fused-ring (bicyclic) bond motifs is 1. The molecule has 1 aromatic heterocycles. The van der Waals surface area contributed by atoms with Gasteiger partial charge in [0.1, 0.15) is 0 Å². The Bertz CT molecular complexity index is 954. The summed E-state index contributed by atoms with van der Waals surface area (Å²) in [5.41, 5.74) is 1.46. The third-order valence-corrected chi connectivity index (χ3v) is 4.37. The van der Waals surface area contributed by atoms with Crippen LogP contribution in [0.4, 0.5) is 5.69 Å². The number of anilines is 1. The number of H-pyrrole nitrogens is 1. The van der Waals surface area contributed by atoms with Crippen molar-refractivity contribution in [2.45, 2.75) is 4.90 Å². The molecule has 1 heterocycles. The van der Waals surface area contributed by atoms with Crippen LogP contribution >= 0.6 is 0 Å². The Labute approximate surface area is 121 Å². The molecule has 0 bridgehead atoms. The lowest BCUT2D eigenvalue weighted by Crippen LogP contribution is -2.13. The van der Waals surface area contributed by atoms with E-state index in [2.05, 4.69) is 14.9 Å². The van der Waals surface area contributed by atoms with Gasteiger partial charge in [0.15, 0.2) is 0 Å². The van der Waals surface area contributed by atoms with Crippen molar-refractivity contribution < 1.29 is 8.42 Å². The summed E-state index contributed by atoms with van der Waals surface area (Å²) in [5.74, 6) is 0. The number of nitrogens with zero attached hydrogens (tertiary/aromatic N) is 2. The first kappa shape index (κ1) is 13.1. The lowest BCUT2D eigenvalue weighted by atomic mass is 10.2. The molecular weight excluding hydrogens is 288 g/mol. The van der Waals surface area contributed by atoms with E-state index in [1.807, 2.05) is 6.07 Å². The SMILES string of the molecule is N#Cc1cccc(S(=O)(=O)Nc2cccc3[nH]ncc23)c1. The molecule has 3 aromatic rings. The number of hydrogen-bond donors (Lipinski definition) is 2. The largest absolute Gasteiger partial charge is 0.279 e. The van der Waals surface area contributed by atoms with E-state index in [4.69, 9.17) is 5.26 Å². The average molecular weight is 298 g/mol. The molecule has 0 radical (unpaired) electrons. The van der Waals surface area contributed by atoms with Gasteiger partial charge in [-0.25, -0.2) is 8.42 Å². The van der Waals surface area contributed by atoms with E-state index < -0.39 is 10.0 Å². The minimum Gasteiger partial charge on any atom is -0.279 e. The van der Waals surface area contributed by atoms with Crippen LogP contribution < -0.4 is 4.72 Å². The molecule has 104 valence electrons. The van der Waals surface area contributed by atoms with Crippen molar-refractivity contribution in [1.82, 2.24) is 10.2 Å². The zero-order valence-electron chi connectivity index (χ0n) is 10.7. The third kappa shape index (κ3) is 2.44. The highest BCUT2D eigenvalue weighted by molar-refractivity contribution is 7.92. The van der Waals surface area contributed by atoms with E-state index in [9.17, 15) is 8.42 Å². The minimum atomic E-state index is -3.76. The van der Waals surface area contributed by atoms with Gasteiger partial charge >= 0.3 is 0 Å². The fourth-order valence-corrected chi connectivity index (χ4v) is 3.12. The maximum absolute atomic E-state index is 12.4. The van der Waals surface area contributed by atoms with Crippen molar-refractivity contribution >= 4 is 26.6 Å². The first-order chi connectivity index (χ1) is 10.1. The number of nitrogens with one attached hydrogen (secondary N) is 2. The number of hydrogen-bond acceptors (Lipinski definition) is 4. The summed E-state index contributed by atoms with van der Waals surface area (Å²) < 4.78 is 27.3. The lowest BCUT2D eigenvalue weighted by molar-refractivity contribution is 0.601. The molecule has 2 aromatic carbocycles. The third-order valence-electron chi connectivity index (χ3n) is 3.00. The van der Waals surface area contributed by atoms with Crippen LogP contribution in [0.1, 0.15) is 5.56 Å². The summed E-state index contributed by atoms with van der Waals surface area (Å²) in [6.45, 7) is 0. The van der Waals surface area contributed by atoms with Crippen LogP contribution in [0.3, 0.4) is 0 Å². The lowest BCUT2D eigenvalue weighted by Gasteiger charge is -2.09. The van der Waals surface area contributed by atoms with E-state index in [0.717, 1.165) is 5.52 Å². The van der Waals surface area contributed by atoms with E-state index in [0.29, 0.717) is 16.6 Å². The predicted octanol–water partition coefficient (Wildman–Crippen LogP) is 2.24. The smallest absolute Gasteiger partial charge is 0.261 e. The predicted molar refractivity (Wildman–Crippen MR) is 78.1 cm³/mol. The van der Waals surface area contributed by atoms with Crippen molar-refractivity contribution in [3.05, 3.63) is 54.2 Å². The van der Waals surface area contributed by atoms with Gasteiger partial charge in [0.2, 0.25) is 0 Å². The molecule has 6 nitrogen and oxygen atoms in total. The highest BCUT2D eigenvalue weighted by Crippen LogP contribution is 2.24. The Hall–Kier alpha value is -2.85. The van der Waals surface area contributed by atoms with Crippen LogP contribution in [-0.4, -0.2) is 18.6 Å². The van der Waals surface area contributed by atoms with Crippen molar-refractivity contribution in [1.29, 1.82) is 5.26 Å². The van der Waals surface area contributed by atoms with Gasteiger partial charge in [-0.1, -0.05) is 12.1 Å². The van der Waals surface area contributed by atoms with Crippen LogP contribution in [0.25, 0.3) is 10.9 Å². The standard InChI is InChI=1S/C14H10N4O2S/c15-8-10-3-1-4-11(7-10)21(19,20)18-14-6-2-5-13-12(14)9-16-17-13/h1-7,9,18H,(H,16,17). The highest BCUT2D eigenvalue weighted by Gasteiger charge is 2.16. The molecule has 7 heteroatoms. The Balaban J connectivity index is 2.03. The summed E-state index contributed by atoms with van der Waals surface area (Å²) in [7, 11) is -3.76. The molecule has 0 aliphatic carbocycles. The summed E-state index contributed by atoms with van der Waals surface area (Å²) in [5, 5.41) is 16.2. The molecule has 0 saturated carbocycles. The zero-order valence-corrected chi connectivity index (χ0v) is 11.6. The van der Waals surface area contributed by atoms with Gasteiger partial charge in [0.05, 0.1) is 33.9 Å². The minimum absolute atomic E-state index is 0.0436. The summed E-state index contributed by atoms with van der Waals surface area (Å²) in [6, 6.07) is 13.0. The van der Waals surface area contributed by atoms with Crippen molar-refractivity contribution in [3.63, 3.8) is 0 Å². The van der Waals surface area contributed by atoms with Crippen molar-refractivity contribution in [2.24, 2.45) is 0 Å². The van der Waals surface area contributed by atoms with Crippen LogP contribution in [0.2, 0.25) is 0 Å². The second-order valence-corrected chi connectivity index (χ2v) is 6.06. The molecular formula is C14H10N4O2S. The van der Waals surface area contributed by atoms with Crippen molar-refractivity contribution in [2.75, 3.05) is 4.72 Å². The number of benzene rings is 2. The summed E-state index contributed by atoms with van der Waals surface area (Å²) in [4.78, 5) is 0.0436. The van der Waals surface area contributed by atoms with Gasteiger partial charge in [-0.3, -0.25) is 9.82 Å². The fraction of sp³-hybridized carbons (Fsp3) is 0. The Morgan fingerprint density at radius 1 is 1.19 bits per heavy atom. The zero-order chi connectivity index (χ0) is 14.9. The number of rotatable bonds is 3. The Morgan fingerprint density at radius 2 is 2.00 bits per heavy atom. The monoisotopic (exact) mass is 298 g/mol. The van der Waals surface area contributed by atoms with Crippen molar-refractivity contribution in [3.8, 4) is 6.07 Å². The van der Waals surface area contributed by atoms with E-state index in [1.165, 1.54) is 18.2 Å². The average Bonchev–Trinajstić information content (AvgIpc) is 2.97. The molecule has 3 rings (SSSR count). The molecule has 0 amide bonds. The van der Waals surface area contributed by atoms with Gasteiger partial charge in [0, 0.05) is 5.39 Å². The van der Waals surface area contributed by atoms with Crippen LogP contribution in [0.15, 0.2) is 53.6 Å². The highest BCUT2D eigenvalue weighted by atomic mass is 32.2. The molecule has 0 aliphatic rings. The fourth-order valence-electron chi connectivity index (χ4n) is 1.99. The van der Waals surface area contributed by atoms with Gasteiger partial charge in [-0.15, -0.1) is 0 Å². The van der Waals surface area contributed by atoms with Gasteiger partial charge in [-0.2, -0.15) is 10.4 Å². The second kappa shape index (κ2) is 4.92. The van der Waals surface area contributed by atoms with E-state index >= 15 is 0 Å². The maximum atomic E-state index is 12.4. The molecule has 21 heavy (non-hydrogen) atoms. The first-order valence-electron chi connectivity index (χ1n) is 6.05. The molecule has 0 spiro atoms. The summed E-state index contributed by atoms with van der Waals surface area (Å²) >= 11 is 0. The molecule has 0 saturated heterocycles. The van der Waals surface area contributed by atoms with Crippen LogP contribution in [0, 0.1) is 11.3 Å². The van der Waals surface area contributed by atoms with Gasteiger partial charge in [0.25, 0.3) is 10.0 Å². The van der Waals surface area contributed by atoms with E-state index in [1.54, 1.807) is 30.5 Å². The number of sulfonamides is 1. The van der Waals surface area contributed by atoms with Gasteiger partial charge < -0.3 is 0 Å². The van der Waals surface area contributed by atoms with Gasteiger partial charge in [-0.05, 0) is 30.3 Å². The topological polar surface area (TPSA) is 98.6 Å². The second-order valence-electron chi connectivity index (χ2n) is 4.38. The molecule has 0 aliphatic heterocycles. The summed E-state index contributed by atoms with van der Waals surface area (Å²) in [6.07, 6.45) is 1.55. The molecule has 2 N–H and O–H groups in total. The number of nitriles is 1. The first-order valence-corrected chi connectivity index (χ1v) is 7.53. The Kier molecular flexibility index (Phi) is 3.08.